The maximum absolute atomic E-state index is 12.7. The summed E-state index contributed by atoms with van der Waals surface area (Å²) >= 11 is 0. The Bertz CT molecular complexity index is 868. The van der Waals surface area contributed by atoms with Gasteiger partial charge in [-0.2, -0.15) is 0 Å². The Labute approximate surface area is 169 Å². The van der Waals surface area contributed by atoms with Crippen molar-refractivity contribution in [1.29, 1.82) is 0 Å². The molecule has 3 aliphatic rings. The minimum absolute atomic E-state index is 0.0547. The van der Waals surface area contributed by atoms with Crippen molar-refractivity contribution in [2.75, 3.05) is 0 Å². The van der Waals surface area contributed by atoms with Gasteiger partial charge in [0.15, 0.2) is 0 Å². The Balaban J connectivity index is 1.39. The van der Waals surface area contributed by atoms with Gasteiger partial charge >= 0.3 is 0 Å². The van der Waals surface area contributed by atoms with Crippen LogP contribution in [0.2, 0.25) is 0 Å². The average Bonchev–Trinajstić information content (AvgIpc) is 3.02. The van der Waals surface area contributed by atoms with Gasteiger partial charge < -0.3 is 16.0 Å². The minimum atomic E-state index is -0.595. The van der Waals surface area contributed by atoms with Crippen LogP contribution in [0.4, 0.5) is 0 Å². The van der Waals surface area contributed by atoms with E-state index in [4.69, 9.17) is 5.73 Å². The van der Waals surface area contributed by atoms with Gasteiger partial charge in [0.25, 0.3) is 5.91 Å². The molecule has 2 heterocycles. The highest BCUT2D eigenvalue weighted by Gasteiger charge is 2.39. The van der Waals surface area contributed by atoms with Crippen molar-refractivity contribution in [2.45, 2.75) is 63.7 Å². The highest BCUT2D eigenvalue weighted by molar-refractivity contribution is 6.05. The van der Waals surface area contributed by atoms with Crippen LogP contribution < -0.4 is 16.4 Å². The SMILES string of the molecule is NC(=O)C1CCCC(NCc2ccc3c(c2)CN(C2CCC(=O)NC2=O)C3=O)C1. The molecule has 4 amide bonds. The second-order valence-corrected chi connectivity index (χ2v) is 8.24. The first-order chi connectivity index (χ1) is 13.9. The van der Waals surface area contributed by atoms with E-state index in [1.807, 2.05) is 18.2 Å². The third-order valence-electron chi connectivity index (χ3n) is 6.26. The molecule has 4 rings (SSSR count). The number of primary amides is 1. The number of nitrogens with two attached hydrogens (primary N) is 1. The summed E-state index contributed by atoms with van der Waals surface area (Å²) in [6, 6.07) is 5.40. The first-order valence-corrected chi connectivity index (χ1v) is 10.2. The maximum Gasteiger partial charge on any atom is 0.255 e. The third-order valence-corrected chi connectivity index (χ3v) is 6.26. The molecule has 1 saturated heterocycles. The summed E-state index contributed by atoms with van der Waals surface area (Å²) in [6.45, 7) is 1.03. The fourth-order valence-corrected chi connectivity index (χ4v) is 4.63. The Morgan fingerprint density at radius 1 is 1.21 bits per heavy atom. The van der Waals surface area contributed by atoms with Crippen LogP contribution in [0.3, 0.4) is 0 Å². The molecule has 4 N–H and O–H groups in total. The average molecular weight is 398 g/mol. The number of carbonyl (C=O) groups excluding carboxylic acids is 4. The molecule has 2 aliphatic heterocycles. The predicted molar refractivity (Wildman–Crippen MR) is 104 cm³/mol. The van der Waals surface area contributed by atoms with Gasteiger partial charge in [-0.05, 0) is 42.9 Å². The lowest BCUT2D eigenvalue weighted by Gasteiger charge is -2.29. The zero-order valence-electron chi connectivity index (χ0n) is 16.3. The fraction of sp³-hybridized carbons (Fsp3) is 0.524. The van der Waals surface area contributed by atoms with Crippen LogP contribution >= 0.6 is 0 Å². The molecule has 29 heavy (non-hydrogen) atoms. The molecule has 1 aromatic rings. The molecule has 8 nitrogen and oxygen atoms in total. The van der Waals surface area contributed by atoms with E-state index >= 15 is 0 Å². The number of benzene rings is 1. The largest absolute Gasteiger partial charge is 0.369 e. The summed E-state index contributed by atoms with van der Waals surface area (Å²) in [5, 5.41) is 5.82. The number of carbonyl (C=O) groups is 4. The van der Waals surface area contributed by atoms with Crippen molar-refractivity contribution < 1.29 is 19.2 Å². The highest BCUT2D eigenvalue weighted by atomic mass is 16.2. The molecule has 8 heteroatoms. The Kier molecular flexibility index (Phi) is 5.36. The number of amides is 4. The van der Waals surface area contributed by atoms with Crippen LogP contribution in [-0.2, 0) is 27.5 Å². The van der Waals surface area contributed by atoms with E-state index in [0.717, 1.165) is 36.8 Å². The summed E-state index contributed by atoms with van der Waals surface area (Å²) in [6.07, 6.45) is 4.26. The molecular formula is C21H26N4O4. The molecule has 0 aromatic heterocycles. The van der Waals surface area contributed by atoms with Gasteiger partial charge in [-0.15, -0.1) is 0 Å². The first kappa shape index (κ1) is 19.6. The van der Waals surface area contributed by atoms with Gasteiger partial charge in [0.05, 0.1) is 0 Å². The molecule has 1 aliphatic carbocycles. The number of rotatable bonds is 5. The molecule has 0 spiro atoms. The van der Waals surface area contributed by atoms with Gasteiger partial charge in [-0.25, -0.2) is 0 Å². The number of nitrogens with zero attached hydrogens (tertiary/aromatic N) is 1. The number of imide groups is 1. The summed E-state index contributed by atoms with van der Waals surface area (Å²) in [4.78, 5) is 49.3. The second kappa shape index (κ2) is 7.94. The number of fused-ring (bicyclic) bond motifs is 1. The van der Waals surface area contributed by atoms with Gasteiger partial charge in [-0.3, -0.25) is 24.5 Å². The van der Waals surface area contributed by atoms with E-state index in [1.165, 1.54) is 0 Å². The number of hydrogen-bond donors (Lipinski definition) is 3. The standard InChI is InChI=1S/C21H26N4O4/c22-19(27)13-2-1-3-15(9-13)23-10-12-4-5-16-14(8-12)11-25(21(16)29)17-6-7-18(26)24-20(17)28/h4-5,8,13,15,17,23H,1-3,6-7,9-11H2,(H2,22,27)(H,24,26,28). The maximum atomic E-state index is 12.7. The van der Waals surface area contributed by atoms with Crippen molar-refractivity contribution in [3.8, 4) is 0 Å². The van der Waals surface area contributed by atoms with E-state index in [0.29, 0.717) is 25.1 Å². The summed E-state index contributed by atoms with van der Waals surface area (Å²) in [5.74, 6) is -1.12. The third kappa shape index (κ3) is 4.03. The quantitative estimate of drug-likeness (QED) is 0.627. The lowest BCUT2D eigenvalue weighted by Crippen LogP contribution is -2.52. The van der Waals surface area contributed by atoms with E-state index in [1.54, 1.807) is 4.90 Å². The Morgan fingerprint density at radius 2 is 2.03 bits per heavy atom. The van der Waals surface area contributed by atoms with Crippen LogP contribution in [0.25, 0.3) is 0 Å². The van der Waals surface area contributed by atoms with Crippen molar-refractivity contribution in [1.82, 2.24) is 15.5 Å². The van der Waals surface area contributed by atoms with Crippen LogP contribution in [0, 0.1) is 5.92 Å². The predicted octanol–water partition coefficient (Wildman–Crippen LogP) is 0.581. The van der Waals surface area contributed by atoms with Crippen molar-refractivity contribution in [2.24, 2.45) is 11.7 Å². The van der Waals surface area contributed by atoms with Crippen molar-refractivity contribution in [3.05, 3.63) is 34.9 Å². The molecule has 0 radical (unpaired) electrons. The lowest BCUT2D eigenvalue weighted by atomic mass is 9.85. The zero-order valence-corrected chi connectivity index (χ0v) is 16.3. The molecule has 1 saturated carbocycles. The molecule has 0 bridgehead atoms. The number of nitrogens with one attached hydrogen (secondary N) is 2. The molecular weight excluding hydrogens is 372 g/mol. The van der Waals surface area contributed by atoms with Gasteiger partial charge in [0.1, 0.15) is 6.04 Å². The molecule has 2 fully saturated rings. The highest BCUT2D eigenvalue weighted by Crippen LogP contribution is 2.29. The summed E-state index contributed by atoms with van der Waals surface area (Å²) in [5.41, 5.74) is 8.03. The van der Waals surface area contributed by atoms with E-state index in [2.05, 4.69) is 10.6 Å². The molecule has 3 atom stereocenters. The fourth-order valence-electron chi connectivity index (χ4n) is 4.63. The second-order valence-electron chi connectivity index (χ2n) is 8.24. The van der Waals surface area contributed by atoms with Crippen LogP contribution in [0.5, 0.6) is 0 Å². The zero-order chi connectivity index (χ0) is 20.5. The van der Waals surface area contributed by atoms with E-state index < -0.39 is 11.9 Å². The van der Waals surface area contributed by atoms with E-state index in [9.17, 15) is 19.2 Å². The minimum Gasteiger partial charge on any atom is -0.369 e. The topological polar surface area (TPSA) is 122 Å². The van der Waals surface area contributed by atoms with Crippen LogP contribution in [-0.4, -0.2) is 40.6 Å². The van der Waals surface area contributed by atoms with Crippen LogP contribution in [0.1, 0.15) is 60.0 Å². The van der Waals surface area contributed by atoms with Gasteiger partial charge in [0, 0.05) is 37.0 Å². The first-order valence-electron chi connectivity index (χ1n) is 10.2. The molecule has 1 aromatic carbocycles. The van der Waals surface area contributed by atoms with Gasteiger partial charge in [0.2, 0.25) is 17.7 Å². The van der Waals surface area contributed by atoms with Gasteiger partial charge in [-0.1, -0.05) is 18.6 Å². The lowest BCUT2D eigenvalue weighted by molar-refractivity contribution is -0.137. The summed E-state index contributed by atoms with van der Waals surface area (Å²) in [7, 11) is 0. The number of piperidine rings is 1. The van der Waals surface area contributed by atoms with Crippen molar-refractivity contribution >= 4 is 23.6 Å². The smallest absolute Gasteiger partial charge is 0.255 e. The normalized spacial score (nSPS) is 27.0. The van der Waals surface area contributed by atoms with E-state index in [-0.39, 0.29) is 36.1 Å². The Morgan fingerprint density at radius 3 is 2.79 bits per heavy atom. The Hall–Kier alpha value is -2.74. The van der Waals surface area contributed by atoms with Crippen molar-refractivity contribution in [3.63, 3.8) is 0 Å². The monoisotopic (exact) mass is 398 g/mol. The summed E-state index contributed by atoms with van der Waals surface area (Å²) < 4.78 is 0. The number of hydrogen-bond acceptors (Lipinski definition) is 5. The molecule has 3 unspecified atom stereocenters. The molecule has 154 valence electrons. The van der Waals surface area contributed by atoms with Crippen LogP contribution in [0.15, 0.2) is 18.2 Å².